The lowest BCUT2D eigenvalue weighted by atomic mass is 10.0. The maximum Gasteiger partial charge on any atom is 0.241 e. The van der Waals surface area contributed by atoms with E-state index in [1.165, 1.54) is 6.07 Å². The summed E-state index contributed by atoms with van der Waals surface area (Å²) in [7, 11) is -3.67. The number of hydrogen-bond donors (Lipinski definition) is 3. The molecule has 1 aromatic rings. The molecule has 0 unspecified atom stereocenters. The van der Waals surface area contributed by atoms with E-state index in [9.17, 15) is 13.2 Å². The first-order valence-electron chi connectivity index (χ1n) is 8.07. The van der Waals surface area contributed by atoms with Gasteiger partial charge in [-0.05, 0) is 44.7 Å². The normalized spacial score (nSPS) is 13.8. The van der Waals surface area contributed by atoms with Crippen molar-refractivity contribution in [2.24, 2.45) is 11.7 Å². The van der Waals surface area contributed by atoms with E-state index in [0.717, 1.165) is 0 Å². The van der Waals surface area contributed by atoms with Gasteiger partial charge in [0, 0.05) is 12.1 Å². The molecule has 24 heavy (non-hydrogen) atoms. The van der Waals surface area contributed by atoms with Crippen LogP contribution < -0.4 is 15.8 Å². The number of nitrogens with one attached hydrogen (secondary N) is 2. The van der Waals surface area contributed by atoms with E-state index in [4.69, 9.17) is 5.73 Å². The van der Waals surface area contributed by atoms with Crippen molar-refractivity contribution >= 4 is 15.9 Å². The third-order valence-corrected chi connectivity index (χ3v) is 5.08. The molecule has 0 aromatic heterocycles. The largest absolute Gasteiger partial charge is 0.351 e. The van der Waals surface area contributed by atoms with Crippen molar-refractivity contribution in [3.63, 3.8) is 0 Å². The molecule has 1 amide bonds. The molecule has 136 valence electrons. The monoisotopic (exact) mass is 355 g/mol. The van der Waals surface area contributed by atoms with E-state index < -0.39 is 21.6 Å². The summed E-state index contributed by atoms with van der Waals surface area (Å²) >= 11 is 0. The fraction of sp³-hybridized carbons (Fsp3) is 0.588. The summed E-state index contributed by atoms with van der Waals surface area (Å²) in [5.41, 5.74) is 5.79. The molecule has 0 heterocycles. The van der Waals surface area contributed by atoms with Gasteiger partial charge in [0.15, 0.2) is 0 Å². The molecular weight excluding hydrogens is 326 g/mol. The third kappa shape index (κ3) is 6.59. The second-order valence-corrected chi connectivity index (χ2v) is 9.07. The lowest BCUT2D eigenvalue weighted by molar-refractivity contribution is -0.122. The van der Waals surface area contributed by atoms with Crippen LogP contribution in [0.25, 0.3) is 0 Å². The molecule has 0 radical (unpaired) electrons. The van der Waals surface area contributed by atoms with Crippen LogP contribution in [0, 0.1) is 5.92 Å². The van der Waals surface area contributed by atoms with Gasteiger partial charge in [-0.3, -0.25) is 4.79 Å². The second-order valence-electron chi connectivity index (χ2n) is 7.42. The van der Waals surface area contributed by atoms with Crippen LogP contribution in [0.3, 0.4) is 0 Å². The zero-order valence-electron chi connectivity index (χ0n) is 15.1. The van der Waals surface area contributed by atoms with Crippen LogP contribution in [-0.2, 0) is 21.4 Å². The van der Waals surface area contributed by atoms with Gasteiger partial charge in [0.25, 0.3) is 0 Å². The Balaban J connectivity index is 2.90. The summed E-state index contributed by atoms with van der Waals surface area (Å²) in [6.07, 6.45) is 0.581. The van der Waals surface area contributed by atoms with Gasteiger partial charge in [0.1, 0.15) is 0 Å². The molecule has 6 nitrogen and oxygen atoms in total. The second kappa shape index (κ2) is 8.09. The average Bonchev–Trinajstić information content (AvgIpc) is 2.41. The molecule has 1 aromatic carbocycles. The van der Waals surface area contributed by atoms with Crippen LogP contribution in [0.2, 0.25) is 0 Å². The van der Waals surface area contributed by atoms with Gasteiger partial charge in [-0.1, -0.05) is 32.0 Å². The van der Waals surface area contributed by atoms with Crippen molar-refractivity contribution in [2.75, 3.05) is 0 Å². The molecule has 0 aliphatic carbocycles. The Morgan fingerprint density at radius 1 is 1.21 bits per heavy atom. The lowest BCUT2D eigenvalue weighted by Crippen LogP contribution is -2.42. The number of carbonyl (C=O) groups excluding carboxylic acids is 1. The van der Waals surface area contributed by atoms with E-state index >= 15 is 0 Å². The topological polar surface area (TPSA) is 101 Å². The summed E-state index contributed by atoms with van der Waals surface area (Å²) in [5, 5.41) is 2.72. The number of carbonyl (C=O) groups is 1. The van der Waals surface area contributed by atoms with E-state index in [2.05, 4.69) is 10.0 Å². The highest BCUT2D eigenvalue weighted by Gasteiger charge is 2.24. The first kappa shape index (κ1) is 20.6. The van der Waals surface area contributed by atoms with E-state index in [-0.39, 0.29) is 17.3 Å². The molecule has 1 atom stereocenters. The Morgan fingerprint density at radius 2 is 1.79 bits per heavy atom. The number of nitrogens with two attached hydrogens (primary N) is 1. The van der Waals surface area contributed by atoms with Gasteiger partial charge in [-0.25, -0.2) is 13.1 Å². The zero-order valence-corrected chi connectivity index (χ0v) is 15.9. The highest BCUT2D eigenvalue weighted by Crippen LogP contribution is 2.17. The van der Waals surface area contributed by atoms with Crippen LogP contribution >= 0.6 is 0 Å². The van der Waals surface area contributed by atoms with Crippen LogP contribution in [0.5, 0.6) is 0 Å². The summed E-state index contributed by atoms with van der Waals surface area (Å²) in [4.78, 5) is 12.2. The quantitative estimate of drug-likeness (QED) is 0.693. The first-order valence-corrected chi connectivity index (χ1v) is 9.56. The smallest absolute Gasteiger partial charge is 0.241 e. The Kier molecular flexibility index (Phi) is 6.95. The van der Waals surface area contributed by atoms with Crippen molar-refractivity contribution in [3.05, 3.63) is 29.8 Å². The number of sulfonamides is 1. The maximum atomic E-state index is 12.5. The minimum atomic E-state index is -3.67. The molecule has 4 N–H and O–H groups in total. The standard InChI is InChI=1S/C17H29N3O3S/c1-12(2)10-14(18)16(21)19-11-13-8-6-7-9-15(13)24(22,23)20-17(3,4)5/h6-9,12,14,20H,10-11,18H2,1-5H3,(H,19,21)/t14-/m0/s1. The SMILES string of the molecule is CC(C)C[C@H](N)C(=O)NCc1ccccc1S(=O)(=O)NC(C)(C)C. The van der Waals surface area contributed by atoms with Crippen LogP contribution in [0.4, 0.5) is 0 Å². The van der Waals surface area contributed by atoms with Gasteiger partial charge >= 0.3 is 0 Å². The molecule has 0 spiro atoms. The number of benzene rings is 1. The Labute approximate surface area is 145 Å². The van der Waals surface area contributed by atoms with Gasteiger partial charge in [0.05, 0.1) is 10.9 Å². The summed E-state index contributed by atoms with van der Waals surface area (Å²) in [6, 6.07) is 6.02. The van der Waals surface area contributed by atoms with Crippen molar-refractivity contribution < 1.29 is 13.2 Å². The number of hydrogen-bond acceptors (Lipinski definition) is 4. The molecule has 0 aliphatic rings. The highest BCUT2D eigenvalue weighted by molar-refractivity contribution is 7.89. The summed E-state index contributed by atoms with van der Waals surface area (Å²) in [5.74, 6) is 0.0362. The lowest BCUT2D eigenvalue weighted by Gasteiger charge is -2.22. The zero-order chi connectivity index (χ0) is 18.5. The average molecular weight is 356 g/mol. The highest BCUT2D eigenvalue weighted by atomic mass is 32.2. The Hall–Kier alpha value is -1.44. The molecular formula is C17H29N3O3S. The van der Waals surface area contributed by atoms with Crippen molar-refractivity contribution in [3.8, 4) is 0 Å². The molecule has 0 saturated heterocycles. The van der Waals surface area contributed by atoms with E-state index in [1.54, 1.807) is 39.0 Å². The third-order valence-electron chi connectivity index (χ3n) is 3.22. The minimum absolute atomic E-state index is 0.117. The summed E-state index contributed by atoms with van der Waals surface area (Å²) < 4.78 is 27.7. The van der Waals surface area contributed by atoms with Crippen molar-refractivity contribution in [1.29, 1.82) is 0 Å². The Bertz CT molecular complexity index is 664. The van der Waals surface area contributed by atoms with Crippen molar-refractivity contribution in [1.82, 2.24) is 10.0 Å². The number of rotatable bonds is 7. The van der Waals surface area contributed by atoms with Crippen LogP contribution in [0.15, 0.2) is 29.2 Å². The molecule has 1 rings (SSSR count). The molecule has 0 aliphatic heterocycles. The molecule has 0 saturated carbocycles. The molecule has 0 fully saturated rings. The Morgan fingerprint density at radius 3 is 2.33 bits per heavy atom. The first-order chi connectivity index (χ1) is 10.9. The maximum absolute atomic E-state index is 12.5. The predicted octanol–water partition coefficient (Wildman–Crippen LogP) is 1.75. The minimum Gasteiger partial charge on any atom is -0.351 e. The van der Waals surface area contributed by atoms with E-state index in [0.29, 0.717) is 17.9 Å². The van der Waals surface area contributed by atoms with Crippen LogP contribution in [-0.4, -0.2) is 25.9 Å². The number of amides is 1. The predicted molar refractivity (Wildman–Crippen MR) is 95.8 cm³/mol. The summed E-state index contributed by atoms with van der Waals surface area (Å²) in [6.45, 7) is 9.44. The molecule has 0 bridgehead atoms. The fourth-order valence-corrected chi connectivity index (χ4v) is 3.96. The van der Waals surface area contributed by atoms with Crippen LogP contribution in [0.1, 0.15) is 46.6 Å². The van der Waals surface area contributed by atoms with Gasteiger partial charge in [0.2, 0.25) is 15.9 Å². The van der Waals surface area contributed by atoms with Gasteiger partial charge in [-0.2, -0.15) is 0 Å². The van der Waals surface area contributed by atoms with Gasteiger partial charge in [-0.15, -0.1) is 0 Å². The van der Waals surface area contributed by atoms with E-state index in [1.807, 2.05) is 13.8 Å². The van der Waals surface area contributed by atoms with Gasteiger partial charge < -0.3 is 11.1 Å². The fourth-order valence-electron chi connectivity index (χ4n) is 2.30. The molecule has 7 heteroatoms. The van der Waals surface area contributed by atoms with Crippen molar-refractivity contribution in [2.45, 2.75) is 64.1 Å².